The SMILES string of the molecule is CC(NC(=O)COc1cccc(Cl)c1)C1CCCNC1. The molecule has 2 atom stereocenters. The number of ether oxygens (including phenoxy) is 1. The van der Waals surface area contributed by atoms with Gasteiger partial charge in [-0.15, -0.1) is 0 Å². The summed E-state index contributed by atoms with van der Waals surface area (Å²) in [6.07, 6.45) is 2.33. The summed E-state index contributed by atoms with van der Waals surface area (Å²) in [7, 11) is 0. The number of carbonyl (C=O) groups is 1. The van der Waals surface area contributed by atoms with E-state index < -0.39 is 0 Å². The summed E-state index contributed by atoms with van der Waals surface area (Å²) in [5, 5.41) is 6.95. The van der Waals surface area contributed by atoms with Crippen LogP contribution in [0.1, 0.15) is 19.8 Å². The number of hydrogen-bond donors (Lipinski definition) is 2. The second kappa shape index (κ2) is 7.50. The van der Waals surface area contributed by atoms with Gasteiger partial charge in [0.05, 0.1) is 0 Å². The van der Waals surface area contributed by atoms with Crippen LogP contribution in [0, 0.1) is 5.92 Å². The van der Waals surface area contributed by atoms with Gasteiger partial charge in [0.1, 0.15) is 5.75 Å². The molecule has 2 unspecified atom stereocenters. The van der Waals surface area contributed by atoms with E-state index in [4.69, 9.17) is 16.3 Å². The quantitative estimate of drug-likeness (QED) is 0.876. The van der Waals surface area contributed by atoms with Gasteiger partial charge in [-0.1, -0.05) is 17.7 Å². The molecule has 1 aliphatic rings. The molecule has 2 rings (SSSR count). The number of piperidine rings is 1. The molecule has 110 valence electrons. The fourth-order valence-electron chi connectivity index (χ4n) is 2.42. The monoisotopic (exact) mass is 296 g/mol. The summed E-state index contributed by atoms with van der Waals surface area (Å²) in [6.45, 7) is 4.12. The lowest BCUT2D eigenvalue weighted by Crippen LogP contribution is -2.45. The fourth-order valence-corrected chi connectivity index (χ4v) is 2.60. The Balaban J connectivity index is 1.74. The smallest absolute Gasteiger partial charge is 0.258 e. The molecular weight excluding hydrogens is 276 g/mol. The molecule has 1 aromatic rings. The first-order valence-corrected chi connectivity index (χ1v) is 7.41. The fraction of sp³-hybridized carbons (Fsp3) is 0.533. The predicted octanol–water partition coefficient (Wildman–Crippen LogP) is 2.22. The Kier molecular flexibility index (Phi) is 5.68. The van der Waals surface area contributed by atoms with Crippen molar-refractivity contribution in [3.05, 3.63) is 29.3 Å². The average molecular weight is 297 g/mol. The highest BCUT2D eigenvalue weighted by Gasteiger charge is 2.21. The van der Waals surface area contributed by atoms with Crippen molar-refractivity contribution in [1.82, 2.24) is 10.6 Å². The maximum absolute atomic E-state index is 11.9. The van der Waals surface area contributed by atoms with E-state index in [1.165, 1.54) is 6.42 Å². The second-order valence-electron chi connectivity index (χ2n) is 5.21. The molecule has 5 heteroatoms. The second-order valence-corrected chi connectivity index (χ2v) is 5.65. The zero-order valence-corrected chi connectivity index (χ0v) is 12.5. The Labute approximate surface area is 124 Å². The Morgan fingerprint density at radius 3 is 3.15 bits per heavy atom. The van der Waals surface area contributed by atoms with Gasteiger partial charge in [-0.2, -0.15) is 0 Å². The van der Waals surface area contributed by atoms with E-state index in [1.54, 1.807) is 24.3 Å². The number of halogens is 1. The molecule has 1 aromatic carbocycles. The van der Waals surface area contributed by atoms with Crippen LogP contribution in [0.5, 0.6) is 5.75 Å². The predicted molar refractivity (Wildman–Crippen MR) is 80.1 cm³/mol. The molecule has 1 aliphatic heterocycles. The zero-order chi connectivity index (χ0) is 14.4. The third kappa shape index (κ3) is 4.69. The molecule has 0 saturated carbocycles. The molecule has 1 heterocycles. The van der Waals surface area contributed by atoms with Crippen LogP contribution in [0.25, 0.3) is 0 Å². The number of carbonyl (C=O) groups excluding carboxylic acids is 1. The summed E-state index contributed by atoms with van der Waals surface area (Å²) >= 11 is 5.86. The number of hydrogen-bond acceptors (Lipinski definition) is 3. The van der Waals surface area contributed by atoms with Gasteiger partial charge in [-0.3, -0.25) is 4.79 Å². The van der Waals surface area contributed by atoms with Crippen LogP contribution in [0.4, 0.5) is 0 Å². The molecule has 0 aromatic heterocycles. The van der Waals surface area contributed by atoms with E-state index in [1.807, 2.05) is 0 Å². The van der Waals surface area contributed by atoms with Gasteiger partial charge in [0.25, 0.3) is 5.91 Å². The first-order chi connectivity index (χ1) is 9.65. The molecule has 0 spiro atoms. The topological polar surface area (TPSA) is 50.4 Å². The van der Waals surface area contributed by atoms with E-state index >= 15 is 0 Å². The average Bonchev–Trinajstić information content (AvgIpc) is 2.46. The maximum Gasteiger partial charge on any atom is 0.258 e. The summed E-state index contributed by atoms with van der Waals surface area (Å²) in [5.41, 5.74) is 0. The van der Waals surface area contributed by atoms with Crippen molar-refractivity contribution >= 4 is 17.5 Å². The highest BCUT2D eigenvalue weighted by atomic mass is 35.5. The molecule has 1 saturated heterocycles. The summed E-state index contributed by atoms with van der Waals surface area (Å²) in [5.74, 6) is 1.02. The standard InChI is InChI=1S/C15H21ClN2O2/c1-11(12-4-3-7-17-9-12)18-15(19)10-20-14-6-2-5-13(16)8-14/h2,5-6,8,11-12,17H,3-4,7,9-10H2,1H3,(H,18,19). The van der Waals surface area contributed by atoms with Gasteiger partial charge in [0.2, 0.25) is 0 Å². The number of amides is 1. The lowest BCUT2D eigenvalue weighted by atomic mass is 9.93. The van der Waals surface area contributed by atoms with Crippen LogP contribution in [0.15, 0.2) is 24.3 Å². The minimum atomic E-state index is -0.0944. The molecule has 20 heavy (non-hydrogen) atoms. The Hall–Kier alpha value is -1.26. The van der Waals surface area contributed by atoms with Crippen molar-refractivity contribution in [2.45, 2.75) is 25.8 Å². The first-order valence-electron chi connectivity index (χ1n) is 7.03. The van der Waals surface area contributed by atoms with Crippen molar-refractivity contribution < 1.29 is 9.53 Å². The van der Waals surface area contributed by atoms with Gasteiger partial charge in [0.15, 0.2) is 6.61 Å². The van der Waals surface area contributed by atoms with Gasteiger partial charge < -0.3 is 15.4 Å². The lowest BCUT2D eigenvalue weighted by molar-refractivity contribution is -0.124. The molecule has 4 nitrogen and oxygen atoms in total. The highest BCUT2D eigenvalue weighted by molar-refractivity contribution is 6.30. The third-order valence-electron chi connectivity index (χ3n) is 3.60. The van der Waals surface area contributed by atoms with E-state index in [2.05, 4.69) is 17.6 Å². The summed E-state index contributed by atoms with van der Waals surface area (Å²) in [6, 6.07) is 7.22. The van der Waals surface area contributed by atoms with Crippen LogP contribution in [-0.4, -0.2) is 31.6 Å². The van der Waals surface area contributed by atoms with Crippen LogP contribution in [0.3, 0.4) is 0 Å². The number of benzene rings is 1. The van der Waals surface area contributed by atoms with E-state index in [0.717, 1.165) is 19.5 Å². The largest absolute Gasteiger partial charge is 0.484 e. The Morgan fingerprint density at radius 2 is 2.45 bits per heavy atom. The van der Waals surface area contributed by atoms with Crippen LogP contribution < -0.4 is 15.4 Å². The number of rotatable bonds is 5. The van der Waals surface area contributed by atoms with Gasteiger partial charge in [0, 0.05) is 11.1 Å². The first kappa shape index (κ1) is 15.1. The zero-order valence-electron chi connectivity index (χ0n) is 11.7. The van der Waals surface area contributed by atoms with Crippen molar-refractivity contribution in [3.8, 4) is 5.75 Å². The van der Waals surface area contributed by atoms with E-state index in [9.17, 15) is 4.79 Å². The third-order valence-corrected chi connectivity index (χ3v) is 3.83. The Bertz CT molecular complexity index is 447. The lowest BCUT2D eigenvalue weighted by Gasteiger charge is -2.28. The van der Waals surface area contributed by atoms with Gasteiger partial charge in [-0.25, -0.2) is 0 Å². The molecule has 2 N–H and O–H groups in total. The normalized spacial score (nSPS) is 20.2. The van der Waals surface area contributed by atoms with Gasteiger partial charge >= 0.3 is 0 Å². The van der Waals surface area contributed by atoms with Crippen molar-refractivity contribution in [2.24, 2.45) is 5.92 Å². The van der Waals surface area contributed by atoms with Crippen molar-refractivity contribution in [2.75, 3.05) is 19.7 Å². The minimum Gasteiger partial charge on any atom is -0.484 e. The molecule has 0 aliphatic carbocycles. The molecule has 0 bridgehead atoms. The molecular formula is C15H21ClN2O2. The molecule has 1 fully saturated rings. The summed E-state index contributed by atoms with van der Waals surface area (Å²) < 4.78 is 5.42. The van der Waals surface area contributed by atoms with Crippen LogP contribution in [-0.2, 0) is 4.79 Å². The molecule has 1 amide bonds. The maximum atomic E-state index is 11.9. The summed E-state index contributed by atoms with van der Waals surface area (Å²) in [4.78, 5) is 11.9. The number of nitrogens with one attached hydrogen (secondary N) is 2. The highest BCUT2D eigenvalue weighted by Crippen LogP contribution is 2.17. The van der Waals surface area contributed by atoms with E-state index in [-0.39, 0.29) is 18.6 Å². The van der Waals surface area contributed by atoms with Gasteiger partial charge in [-0.05, 0) is 57.0 Å². The van der Waals surface area contributed by atoms with E-state index in [0.29, 0.717) is 16.7 Å². The van der Waals surface area contributed by atoms with Crippen molar-refractivity contribution in [3.63, 3.8) is 0 Å². The van der Waals surface area contributed by atoms with Crippen molar-refractivity contribution in [1.29, 1.82) is 0 Å². The molecule has 0 radical (unpaired) electrons. The minimum absolute atomic E-state index is 0.0187. The Morgan fingerprint density at radius 1 is 1.60 bits per heavy atom. The van der Waals surface area contributed by atoms with Crippen LogP contribution >= 0.6 is 11.6 Å². The van der Waals surface area contributed by atoms with Crippen LogP contribution in [0.2, 0.25) is 5.02 Å².